The number of hydrogen-bond acceptors (Lipinski definition) is 3. The van der Waals surface area contributed by atoms with E-state index in [1.165, 1.54) is 0 Å². The van der Waals surface area contributed by atoms with Crippen LogP contribution in [-0.2, 0) is 6.54 Å². The second kappa shape index (κ2) is 8.23. The third kappa shape index (κ3) is 4.76. The van der Waals surface area contributed by atoms with Crippen molar-refractivity contribution in [1.29, 1.82) is 0 Å². The lowest BCUT2D eigenvalue weighted by Gasteiger charge is -2.09. The summed E-state index contributed by atoms with van der Waals surface area (Å²) in [6.07, 6.45) is 4.65. The molecule has 136 valence electrons. The van der Waals surface area contributed by atoms with Crippen LogP contribution in [0.4, 0.5) is 0 Å². The molecule has 1 amide bonds. The molecule has 26 heavy (non-hydrogen) atoms. The van der Waals surface area contributed by atoms with Crippen molar-refractivity contribution in [1.82, 2.24) is 14.7 Å². The highest BCUT2D eigenvalue weighted by Gasteiger charge is 2.08. The lowest BCUT2D eigenvalue weighted by Crippen LogP contribution is -2.22. The van der Waals surface area contributed by atoms with Crippen LogP contribution in [0, 0.1) is 5.92 Å². The molecule has 0 aliphatic rings. The molecule has 5 nitrogen and oxygen atoms in total. The van der Waals surface area contributed by atoms with Crippen molar-refractivity contribution in [3.05, 3.63) is 65.1 Å². The van der Waals surface area contributed by atoms with E-state index in [2.05, 4.69) is 24.1 Å². The molecule has 2 aromatic heterocycles. The van der Waals surface area contributed by atoms with Crippen LogP contribution in [0.15, 0.2) is 48.8 Å². The first kappa shape index (κ1) is 18.3. The largest absolute Gasteiger partial charge is 0.494 e. The Balaban J connectivity index is 1.55. The molecule has 0 saturated heterocycles. The summed E-state index contributed by atoms with van der Waals surface area (Å²) in [6.45, 7) is 5.36. The summed E-state index contributed by atoms with van der Waals surface area (Å²) >= 11 is 5.97. The first-order chi connectivity index (χ1) is 12.5. The van der Waals surface area contributed by atoms with Gasteiger partial charge >= 0.3 is 0 Å². The zero-order chi connectivity index (χ0) is 18.5. The maximum atomic E-state index is 12.3. The predicted octanol–water partition coefficient (Wildman–Crippen LogP) is 4.34. The minimum atomic E-state index is -0.145. The molecular weight excluding hydrogens is 350 g/mol. The number of ether oxygens (including phenoxy) is 1. The van der Waals surface area contributed by atoms with Gasteiger partial charge in [0.15, 0.2) is 0 Å². The summed E-state index contributed by atoms with van der Waals surface area (Å²) in [5.74, 6) is 1.24. The van der Waals surface area contributed by atoms with Gasteiger partial charge < -0.3 is 14.5 Å². The van der Waals surface area contributed by atoms with Crippen molar-refractivity contribution >= 4 is 23.2 Å². The van der Waals surface area contributed by atoms with E-state index in [-0.39, 0.29) is 5.91 Å². The minimum Gasteiger partial charge on any atom is -0.494 e. The number of amides is 1. The zero-order valence-electron chi connectivity index (χ0n) is 14.9. The number of fused-ring (bicyclic) bond motifs is 1. The molecule has 2 heterocycles. The zero-order valence-corrected chi connectivity index (χ0v) is 15.7. The fraction of sp³-hybridized carbons (Fsp3) is 0.300. The van der Waals surface area contributed by atoms with Gasteiger partial charge in [-0.15, -0.1) is 0 Å². The van der Waals surface area contributed by atoms with Crippen LogP contribution in [0.5, 0.6) is 5.75 Å². The van der Waals surface area contributed by atoms with Crippen LogP contribution in [0.2, 0.25) is 5.02 Å². The van der Waals surface area contributed by atoms with Gasteiger partial charge in [-0.25, -0.2) is 4.98 Å². The number of rotatable bonds is 7. The van der Waals surface area contributed by atoms with Crippen molar-refractivity contribution in [2.75, 3.05) is 6.61 Å². The molecule has 0 aliphatic heterocycles. The molecule has 0 bridgehead atoms. The lowest BCUT2D eigenvalue weighted by atomic mass is 10.1. The minimum absolute atomic E-state index is 0.145. The molecule has 0 atom stereocenters. The number of benzene rings is 1. The Hall–Kier alpha value is -2.53. The highest BCUT2D eigenvalue weighted by molar-refractivity contribution is 6.30. The monoisotopic (exact) mass is 371 g/mol. The Morgan fingerprint density at radius 1 is 1.19 bits per heavy atom. The van der Waals surface area contributed by atoms with E-state index in [0.717, 1.165) is 23.5 Å². The molecule has 0 aliphatic carbocycles. The highest BCUT2D eigenvalue weighted by atomic mass is 35.5. The standard InChI is InChI=1S/C20H22ClN3O2/c1-14(2)9-10-26-18-6-3-15(4-7-18)20(25)22-11-17-13-24-12-16(21)5-8-19(24)23-17/h3-8,12-14H,9-11H2,1-2H3,(H,22,25). The Morgan fingerprint density at radius 3 is 2.69 bits per heavy atom. The highest BCUT2D eigenvalue weighted by Crippen LogP contribution is 2.14. The number of halogens is 1. The van der Waals surface area contributed by atoms with E-state index in [1.54, 1.807) is 24.4 Å². The van der Waals surface area contributed by atoms with Crippen LogP contribution >= 0.6 is 11.6 Å². The van der Waals surface area contributed by atoms with Gasteiger partial charge in [0, 0.05) is 18.0 Å². The number of hydrogen-bond donors (Lipinski definition) is 1. The van der Waals surface area contributed by atoms with E-state index < -0.39 is 0 Å². The van der Waals surface area contributed by atoms with E-state index in [9.17, 15) is 4.79 Å². The fourth-order valence-corrected chi connectivity index (χ4v) is 2.66. The quantitative estimate of drug-likeness (QED) is 0.672. The number of imidazole rings is 1. The number of carbonyl (C=O) groups is 1. The van der Waals surface area contributed by atoms with E-state index in [1.807, 2.05) is 28.8 Å². The molecule has 6 heteroatoms. The Morgan fingerprint density at radius 2 is 1.96 bits per heavy atom. The van der Waals surface area contributed by atoms with E-state index in [4.69, 9.17) is 16.3 Å². The number of pyridine rings is 1. The first-order valence-electron chi connectivity index (χ1n) is 8.65. The van der Waals surface area contributed by atoms with Crippen LogP contribution < -0.4 is 10.1 Å². The van der Waals surface area contributed by atoms with Gasteiger partial charge in [0.1, 0.15) is 11.4 Å². The van der Waals surface area contributed by atoms with Gasteiger partial charge in [0.05, 0.1) is 23.9 Å². The molecule has 1 N–H and O–H groups in total. The summed E-state index contributed by atoms with van der Waals surface area (Å²) in [6, 6.07) is 10.8. The second-order valence-electron chi connectivity index (χ2n) is 6.58. The summed E-state index contributed by atoms with van der Waals surface area (Å²) in [4.78, 5) is 16.7. The van der Waals surface area contributed by atoms with Crippen molar-refractivity contribution in [2.24, 2.45) is 5.92 Å². The van der Waals surface area contributed by atoms with Crippen LogP contribution in [0.25, 0.3) is 5.65 Å². The van der Waals surface area contributed by atoms with Gasteiger partial charge in [-0.2, -0.15) is 0 Å². The first-order valence-corrected chi connectivity index (χ1v) is 9.03. The van der Waals surface area contributed by atoms with Crippen molar-refractivity contribution in [3.63, 3.8) is 0 Å². The van der Waals surface area contributed by atoms with Crippen LogP contribution in [0.1, 0.15) is 36.3 Å². The van der Waals surface area contributed by atoms with Gasteiger partial charge in [-0.1, -0.05) is 25.4 Å². The van der Waals surface area contributed by atoms with Gasteiger partial charge in [-0.05, 0) is 48.7 Å². The maximum absolute atomic E-state index is 12.3. The molecule has 0 spiro atoms. The third-order valence-electron chi connectivity index (χ3n) is 3.98. The summed E-state index contributed by atoms with van der Waals surface area (Å²) in [5, 5.41) is 3.52. The van der Waals surface area contributed by atoms with Gasteiger partial charge in [0.2, 0.25) is 0 Å². The number of carbonyl (C=O) groups excluding carboxylic acids is 1. The molecular formula is C20H22ClN3O2. The molecule has 3 aromatic rings. The molecule has 1 aromatic carbocycles. The molecule has 0 radical (unpaired) electrons. The van der Waals surface area contributed by atoms with Crippen LogP contribution in [0.3, 0.4) is 0 Å². The van der Waals surface area contributed by atoms with Gasteiger partial charge in [-0.3, -0.25) is 4.79 Å². The van der Waals surface area contributed by atoms with E-state index >= 15 is 0 Å². The lowest BCUT2D eigenvalue weighted by molar-refractivity contribution is 0.0950. The van der Waals surface area contributed by atoms with Crippen molar-refractivity contribution in [2.45, 2.75) is 26.8 Å². The Kier molecular flexibility index (Phi) is 5.78. The smallest absolute Gasteiger partial charge is 0.251 e. The number of nitrogens with one attached hydrogen (secondary N) is 1. The van der Waals surface area contributed by atoms with E-state index in [0.29, 0.717) is 29.7 Å². The van der Waals surface area contributed by atoms with Crippen molar-refractivity contribution in [3.8, 4) is 5.75 Å². The van der Waals surface area contributed by atoms with Crippen molar-refractivity contribution < 1.29 is 9.53 Å². The van der Waals surface area contributed by atoms with Gasteiger partial charge in [0.25, 0.3) is 5.91 Å². The summed E-state index contributed by atoms with van der Waals surface area (Å²) < 4.78 is 7.51. The fourth-order valence-electron chi connectivity index (χ4n) is 2.49. The Labute approximate surface area is 158 Å². The molecule has 0 unspecified atom stereocenters. The topological polar surface area (TPSA) is 55.6 Å². The number of aromatic nitrogens is 2. The molecule has 3 rings (SSSR count). The van der Waals surface area contributed by atoms with Crippen LogP contribution in [-0.4, -0.2) is 21.9 Å². The average molecular weight is 372 g/mol. The molecule has 0 saturated carbocycles. The SMILES string of the molecule is CC(C)CCOc1ccc(C(=O)NCc2cn3cc(Cl)ccc3n2)cc1. The summed E-state index contributed by atoms with van der Waals surface area (Å²) in [7, 11) is 0. The maximum Gasteiger partial charge on any atom is 0.251 e. The third-order valence-corrected chi connectivity index (χ3v) is 4.20. The average Bonchev–Trinajstić information content (AvgIpc) is 3.02. The summed E-state index contributed by atoms with van der Waals surface area (Å²) in [5.41, 5.74) is 2.16. The Bertz CT molecular complexity index is 888. The molecule has 0 fully saturated rings. The second-order valence-corrected chi connectivity index (χ2v) is 7.02. The normalized spacial score (nSPS) is 11.1. The number of nitrogens with zero attached hydrogens (tertiary/aromatic N) is 2. The predicted molar refractivity (Wildman–Crippen MR) is 103 cm³/mol.